The van der Waals surface area contributed by atoms with Crippen molar-refractivity contribution in [1.82, 2.24) is 19.7 Å². The number of nitrogens with zero attached hydrogens (tertiary/aromatic N) is 4. The summed E-state index contributed by atoms with van der Waals surface area (Å²) in [6.45, 7) is 3.11. The number of hydrogen-bond acceptors (Lipinski definition) is 4. The Hall–Kier alpha value is -1.89. The highest BCUT2D eigenvalue weighted by Gasteiger charge is 2.27. The average molecular weight is 362 g/mol. The fourth-order valence-corrected chi connectivity index (χ4v) is 3.54. The first-order valence-electron chi connectivity index (χ1n) is 8.54. The molecule has 2 aromatic rings. The Balaban J connectivity index is 1.87. The quantitative estimate of drug-likeness (QED) is 0.820. The number of aryl methyl sites for hydroxylation is 1. The van der Waals surface area contributed by atoms with E-state index in [4.69, 9.17) is 4.98 Å². The molecule has 25 heavy (non-hydrogen) atoms. The highest BCUT2D eigenvalue weighted by molar-refractivity contribution is 7.98. The summed E-state index contributed by atoms with van der Waals surface area (Å²) in [4.78, 5) is 18.2. The summed E-state index contributed by atoms with van der Waals surface area (Å²) in [5, 5.41) is 4.67. The third-order valence-electron chi connectivity index (χ3n) is 4.58. The van der Waals surface area contributed by atoms with Crippen LogP contribution in [0.25, 0.3) is 5.69 Å². The van der Waals surface area contributed by atoms with Gasteiger partial charge in [-0.1, -0.05) is 0 Å². The molecule has 0 aliphatic carbocycles. The molecule has 0 saturated carbocycles. The number of benzene rings is 1. The third kappa shape index (κ3) is 4.21. The van der Waals surface area contributed by atoms with E-state index < -0.39 is 0 Å². The summed E-state index contributed by atoms with van der Waals surface area (Å²) >= 11 is 1.77. The van der Waals surface area contributed by atoms with Crippen molar-refractivity contribution in [1.29, 1.82) is 0 Å². The smallest absolute Gasteiger partial charge is 0.219 e. The first kappa shape index (κ1) is 17.9. The van der Waals surface area contributed by atoms with Crippen LogP contribution in [0.2, 0.25) is 0 Å². The Labute approximate surface area is 151 Å². The van der Waals surface area contributed by atoms with Gasteiger partial charge < -0.3 is 4.90 Å². The van der Waals surface area contributed by atoms with Gasteiger partial charge >= 0.3 is 0 Å². The monoisotopic (exact) mass is 362 g/mol. The van der Waals surface area contributed by atoms with Crippen molar-refractivity contribution in [3.05, 3.63) is 41.7 Å². The predicted molar refractivity (Wildman–Crippen MR) is 97.6 cm³/mol. The van der Waals surface area contributed by atoms with E-state index in [0.29, 0.717) is 0 Å². The number of rotatable bonds is 5. The molecule has 2 heterocycles. The number of thioether (sulfide) groups is 1. The van der Waals surface area contributed by atoms with Gasteiger partial charge in [0.05, 0.1) is 5.69 Å². The Bertz CT molecular complexity index is 723. The van der Waals surface area contributed by atoms with Crippen LogP contribution in [0, 0.1) is 5.82 Å². The molecule has 1 aliphatic rings. The van der Waals surface area contributed by atoms with E-state index in [2.05, 4.69) is 11.4 Å². The second kappa shape index (κ2) is 7.99. The number of aromatic nitrogens is 3. The lowest BCUT2D eigenvalue weighted by Crippen LogP contribution is -2.36. The van der Waals surface area contributed by atoms with E-state index >= 15 is 0 Å². The molecule has 7 heteroatoms. The minimum Gasteiger partial charge on any atom is -0.343 e. The van der Waals surface area contributed by atoms with Crippen LogP contribution < -0.4 is 0 Å². The molecule has 0 spiro atoms. The fraction of sp³-hybridized carbons (Fsp3) is 0.500. The van der Waals surface area contributed by atoms with Crippen molar-refractivity contribution in [3.63, 3.8) is 0 Å². The lowest BCUT2D eigenvalue weighted by Gasteiger charge is -2.30. The number of likely N-dealkylation sites (tertiary alicyclic amines) is 1. The summed E-state index contributed by atoms with van der Waals surface area (Å²) in [5.41, 5.74) is 0.827. The van der Waals surface area contributed by atoms with Crippen molar-refractivity contribution < 1.29 is 9.18 Å². The normalized spacial score (nSPS) is 15.6. The van der Waals surface area contributed by atoms with Gasteiger partial charge in [0.25, 0.3) is 0 Å². The van der Waals surface area contributed by atoms with Crippen molar-refractivity contribution in [2.24, 2.45) is 0 Å². The van der Waals surface area contributed by atoms with Gasteiger partial charge in [-0.2, -0.15) is 16.9 Å². The minimum atomic E-state index is -0.261. The summed E-state index contributed by atoms with van der Waals surface area (Å²) < 4.78 is 15.1. The van der Waals surface area contributed by atoms with E-state index in [9.17, 15) is 9.18 Å². The van der Waals surface area contributed by atoms with Gasteiger partial charge in [0.1, 0.15) is 11.6 Å². The summed E-state index contributed by atoms with van der Waals surface area (Å²) in [6.07, 6.45) is 4.63. The second-order valence-electron chi connectivity index (χ2n) is 6.30. The molecule has 3 rings (SSSR count). The second-order valence-corrected chi connectivity index (χ2v) is 7.28. The fourth-order valence-electron chi connectivity index (χ4n) is 3.16. The minimum absolute atomic E-state index is 0.124. The van der Waals surface area contributed by atoms with Crippen LogP contribution in [-0.2, 0) is 11.2 Å². The first-order chi connectivity index (χ1) is 12.1. The van der Waals surface area contributed by atoms with Crippen molar-refractivity contribution in [3.8, 4) is 5.69 Å². The molecule has 1 saturated heterocycles. The standard InChI is InChI=1S/C18H23FN4OS/c1-13(24)22-10-7-14(8-11-22)18-20-17(9-12-25-2)21-23(18)16-5-3-15(19)4-6-16/h3-6,14H,7-12H2,1-2H3. The molecule has 1 amide bonds. The molecule has 1 aliphatic heterocycles. The molecule has 134 valence electrons. The van der Waals surface area contributed by atoms with Gasteiger partial charge in [-0.05, 0) is 43.4 Å². The van der Waals surface area contributed by atoms with Crippen molar-refractivity contribution >= 4 is 17.7 Å². The van der Waals surface area contributed by atoms with E-state index in [1.54, 1.807) is 30.8 Å². The predicted octanol–water partition coefficient (Wildman–Crippen LogP) is 3.04. The van der Waals surface area contributed by atoms with E-state index in [-0.39, 0.29) is 17.6 Å². The maximum Gasteiger partial charge on any atom is 0.219 e. The molecule has 0 N–H and O–H groups in total. The van der Waals surface area contributed by atoms with E-state index in [1.165, 1.54) is 12.1 Å². The summed E-state index contributed by atoms with van der Waals surface area (Å²) in [5.74, 6) is 2.84. The zero-order valence-electron chi connectivity index (χ0n) is 14.6. The Morgan fingerprint density at radius 2 is 1.96 bits per heavy atom. The van der Waals surface area contributed by atoms with Gasteiger partial charge in [0.2, 0.25) is 5.91 Å². The molecule has 0 radical (unpaired) electrons. The van der Waals surface area contributed by atoms with Crippen LogP contribution >= 0.6 is 11.8 Å². The molecular weight excluding hydrogens is 339 g/mol. The van der Waals surface area contributed by atoms with Gasteiger partial charge in [0.15, 0.2) is 5.82 Å². The zero-order chi connectivity index (χ0) is 17.8. The Kier molecular flexibility index (Phi) is 5.73. The zero-order valence-corrected chi connectivity index (χ0v) is 15.4. The first-order valence-corrected chi connectivity index (χ1v) is 9.94. The lowest BCUT2D eigenvalue weighted by molar-refractivity contribution is -0.129. The maximum atomic E-state index is 13.3. The van der Waals surface area contributed by atoms with Gasteiger partial charge in [-0.15, -0.1) is 0 Å². The van der Waals surface area contributed by atoms with E-state index in [0.717, 1.165) is 55.4 Å². The van der Waals surface area contributed by atoms with Crippen LogP contribution in [0.15, 0.2) is 24.3 Å². The number of halogens is 1. The largest absolute Gasteiger partial charge is 0.343 e. The molecule has 0 bridgehead atoms. The highest BCUT2D eigenvalue weighted by atomic mass is 32.2. The van der Waals surface area contributed by atoms with Crippen molar-refractivity contribution in [2.45, 2.75) is 32.1 Å². The number of carbonyl (C=O) groups is 1. The SMILES string of the molecule is CSCCc1nc(C2CCN(C(C)=O)CC2)n(-c2ccc(F)cc2)n1. The summed E-state index contributed by atoms with van der Waals surface area (Å²) in [7, 11) is 0. The topological polar surface area (TPSA) is 51.0 Å². The Morgan fingerprint density at radius 1 is 1.28 bits per heavy atom. The molecular formula is C18H23FN4OS. The molecule has 1 fully saturated rings. The van der Waals surface area contributed by atoms with Crippen LogP contribution in [0.1, 0.15) is 37.3 Å². The Morgan fingerprint density at radius 3 is 2.56 bits per heavy atom. The van der Waals surface area contributed by atoms with Crippen LogP contribution in [0.5, 0.6) is 0 Å². The van der Waals surface area contributed by atoms with Crippen molar-refractivity contribution in [2.75, 3.05) is 25.1 Å². The van der Waals surface area contributed by atoms with Crippen LogP contribution in [0.4, 0.5) is 4.39 Å². The number of hydrogen-bond donors (Lipinski definition) is 0. The molecule has 0 atom stereocenters. The number of carbonyl (C=O) groups excluding carboxylic acids is 1. The van der Waals surface area contributed by atoms with Gasteiger partial charge in [-0.3, -0.25) is 4.79 Å². The summed E-state index contributed by atoms with van der Waals surface area (Å²) in [6, 6.07) is 6.36. The van der Waals surface area contributed by atoms with E-state index in [1.807, 2.05) is 9.58 Å². The molecule has 0 unspecified atom stereocenters. The maximum absolute atomic E-state index is 13.3. The highest BCUT2D eigenvalue weighted by Crippen LogP contribution is 2.28. The van der Waals surface area contributed by atoms with Gasteiger partial charge in [-0.25, -0.2) is 14.1 Å². The number of piperidine rings is 1. The average Bonchev–Trinajstić information content (AvgIpc) is 3.05. The van der Waals surface area contributed by atoms with Gasteiger partial charge in [0, 0.05) is 38.1 Å². The molecule has 1 aromatic heterocycles. The lowest BCUT2D eigenvalue weighted by atomic mass is 9.96. The van der Waals surface area contributed by atoms with Crippen LogP contribution in [-0.4, -0.2) is 50.7 Å². The third-order valence-corrected chi connectivity index (χ3v) is 5.19. The number of amides is 1. The molecule has 1 aromatic carbocycles. The molecule has 5 nitrogen and oxygen atoms in total. The van der Waals surface area contributed by atoms with Crippen LogP contribution in [0.3, 0.4) is 0 Å².